The van der Waals surface area contributed by atoms with Gasteiger partial charge in [0.15, 0.2) is 0 Å². The highest BCUT2D eigenvalue weighted by Gasteiger charge is 2.26. The van der Waals surface area contributed by atoms with Crippen molar-refractivity contribution in [1.29, 1.82) is 0 Å². The van der Waals surface area contributed by atoms with Crippen molar-refractivity contribution in [3.05, 3.63) is 47.4 Å². The molecule has 122 valence electrons. The number of hydrogen-bond acceptors (Lipinski definition) is 3. The fourth-order valence-corrected chi connectivity index (χ4v) is 3.57. The normalized spacial score (nSPS) is 14.0. The average molecular weight is 320 g/mol. The third-order valence-electron chi connectivity index (χ3n) is 4.84. The zero-order valence-electron chi connectivity index (χ0n) is 14.2. The van der Waals surface area contributed by atoms with Crippen molar-refractivity contribution in [2.75, 3.05) is 6.54 Å². The van der Waals surface area contributed by atoms with E-state index in [0.29, 0.717) is 6.54 Å². The minimum Gasteiger partial charge on any atom is -0.338 e. The molecule has 1 amide bonds. The van der Waals surface area contributed by atoms with Crippen LogP contribution in [-0.4, -0.2) is 32.1 Å². The van der Waals surface area contributed by atoms with Crippen LogP contribution in [0.15, 0.2) is 30.5 Å². The van der Waals surface area contributed by atoms with Crippen LogP contribution in [0, 0.1) is 6.92 Å². The lowest BCUT2D eigenvalue weighted by Gasteiger charge is -2.26. The zero-order valence-corrected chi connectivity index (χ0v) is 14.2. The third-order valence-corrected chi connectivity index (χ3v) is 4.84. The van der Waals surface area contributed by atoms with Gasteiger partial charge >= 0.3 is 0 Å². The molecule has 2 aromatic heterocycles. The van der Waals surface area contributed by atoms with E-state index in [2.05, 4.69) is 29.2 Å². The van der Waals surface area contributed by atoms with E-state index in [9.17, 15) is 4.79 Å². The van der Waals surface area contributed by atoms with Crippen LogP contribution in [0.4, 0.5) is 0 Å². The summed E-state index contributed by atoms with van der Waals surface area (Å²) >= 11 is 0. The van der Waals surface area contributed by atoms with Crippen LogP contribution in [-0.2, 0) is 24.8 Å². The van der Waals surface area contributed by atoms with Gasteiger partial charge in [0.25, 0.3) is 0 Å². The van der Waals surface area contributed by atoms with Crippen LogP contribution in [0.2, 0.25) is 0 Å². The Balaban J connectivity index is 1.91. The van der Waals surface area contributed by atoms with Gasteiger partial charge in [-0.2, -0.15) is 5.10 Å². The first-order valence-electron chi connectivity index (χ1n) is 8.20. The first-order chi connectivity index (χ1) is 11.5. The molecule has 0 bridgehead atoms. The van der Waals surface area contributed by atoms with Gasteiger partial charge < -0.3 is 4.90 Å². The zero-order chi connectivity index (χ0) is 16.8. The van der Waals surface area contributed by atoms with Gasteiger partial charge in [0.1, 0.15) is 0 Å². The Labute approximate surface area is 140 Å². The highest BCUT2D eigenvalue weighted by atomic mass is 16.2. The topological polar surface area (TPSA) is 51.0 Å². The molecule has 0 N–H and O–H groups in total. The first-order valence-corrected chi connectivity index (χ1v) is 8.20. The SMILES string of the molecule is CC(=O)N1CCc2c(c(-c3cccc4cc(C)ncc34)nn2C)C1. The van der Waals surface area contributed by atoms with Crippen LogP contribution in [0.3, 0.4) is 0 Å². The Morgan fingerprint density at radius 2 is 2.12 bits per heavy atom. The Bertz CT molecular complexity index is 957. The van der Waals surface area contributed by atoms with E-state index < -0.39 is 0 Å². The molecular weight excluding hydrogens is 300 g/mol. The van der Waals surface area contributed by atoms with Crippen molar-refractivity contribution in [1.82, 2.24) is 19.7 Å². The summed E-state index contributed by atoms with van der Waals surface area (Å²) in [6.45, 7) is 5.02. The maximum absolute atomic E-state index is 11.8. The fraction of sp³-hybridized carbons (Fsp3) is 0.316. The lowest BCUT2D eigenvalue weighted by atomic mass is 9.97. The third kappa shape index (κ3) is 2.28. The van der Waals surface area contributed by atoms with E-state index >= 15 is 0 Å². The number of aryl methyl sites for hydroxylation is 2. The predicted octanol–water partition coefficient (Wildman–Crippen LogP) is 2.85. The summed E-state index contributed by atoms with van der Waals surface area (Å²) in [6, 6.07) is 8.35. The number of hydrogen-bond donors (Lipinski definition) is 0. The summed E-state index contributed by atoms with van der Waals surface area (Å²) in [4.78, 5) is 18.1. The second kappa shape index (κ2) is 5.44. The molecule has 3 aromatic rings. The van der Waals surface area contributed by atoms with Crippen LogP contribution in [0.1, 0.15) is 23.9 Å². The summed E-state index contributed by atoms with van der Waals surface area (Å²) < 4.78 is 1.96. The lowest BCUT2D eigenvalue weighted by Crippen LogP contribution is -2.34. The molecule has 3 heterocycles. The molecule has 1 aliphatic rings. The van der Waals surface area contributed by atoms with E-state index in [1.165, 1.54) is 11.1 Å². The Hall–Kier alpha value is -2.69. The Morgan fingerprint density at radius 1 is 1.29 bits per heavy atom. The summed E-state index contributed by atoms with van der Waals surface area (Å²) in [5.41, 5.74) is 5.44. The summed E-state index contributed by atoms with van der Waals surface area (Å²) in [6.07, 6.45) is 2.77. The minimum absolute atomic E-state index is 0.116. The van der Waals surface area contributed by atoms with Crippen molar-refractivity contribution in [3.63, 3.8) is 0 Å². The van der Waals surface area contributed by atoms with E-state index in [-0.39, 0.29) is 5.91 Å². The van der Waals surface area contributed by atoms with Crippen molar-refractivity contribution < 1.29 is 4.79 Å². The molecule has 0 fully saturated rings. The Morgan fingerprint density at radius 3 is 2.92 bits per heavy atom. The molecule has 0 atom stereocenters. The molecule has 0 saturated carbocycles. The van der Waals surface area contributed by atoms with Gasteiger partial charge in [-0.3, -0.25) is 14.5 Å². The second-order valence-corrected chi connectivity index (χ2v) is 6.44. The molecule has 0 saturated heterocycles. The highest BCUT2D eigenvalue weighted by Crippen LogP contribution is 2.34. The molecule has 0 unspecified atom stereocenters. The van der Waals surface area contributed by atoms with Gasteiger partial charge in [-0.1, -0.05) is 18.2 Å². The lowest BCUT2D eigenvalue weighted by molar-refractivity contribution is -0.129. The molecule has 4 rings (SSSR count). The Kier molecular flexibility index (Phi) is 3.37. The van der Waals surface area contributed by atoms with Crippen molar-refractivity contribution in [3.8, 4) is 11.3 Å². The van der Waals surface area contributed by atoms with Crippen LogP contribution in [0.5, 0.6) is 0 Å². The van der Waals surface area contributed by atoms with E-state index in [1.54, 1.807) is 6.92 Å². The fourth-order valence-electron chi connectivity index (χ4n) is 3.57. The number of aromatic nitrogens is 3. The number of rotatable bonds is 1. The molecule has 5 heteroatoms. The van der Waals surface area contributed by atoms with Gasteiger partial charge in [-0.25, -0.2) is 0 Å². The average Bonchev–Trinajstić information content (AvgIpc) is 2.90. The largest absolute Gasteiger partial charge is 0.338 e. The summed E-state index contributed by atoms with van der Waals surface area (Å²) in [5.74, 6) is 0.116. The van der Waals surface area contributed by atoms with Crippen molar-refractivity contribution in [2.45, 2.75) is 26.8 Å². The minimum atomic E-state index is 0.116. The van der Waals surface area contributed by atoms with Crippen molar-refractivity contribution >= 4 is 16.7 Å². The number of carbonyl (C=O) groups is 1. The van der Waals surface area contributed by atoms with E-state index in [1.807, 2.05) is 29.7 Å². The van der Waals surface area contributed by atoms with Gasteiger partial charge in [-0.15, -0.1) is 0 Å². The molecule has 5 nitrogen and oxygen atoms in total. The number of carbonyl (C=O) groups excluding carboxylic acids is 1. The maximum atomic E-state index is 11.8. The van der Waals surface area contributed by atoms with Gasteiger partial charge in [-0.05, 0) is 18.4 Å². The summed E-state index contributed by atoms with van der Waals surface area (Å²) in [5, 5.41) is 7.05. The maximum Gasteiger partial charge on any atom is 0.219 e. The summed E-state index contributed by atoms with van der Waals surface area (Å²) in [7, 11) is 1.99. The van der Waals surface area contributed by atoms with Crippen LogP contribution < -0.4 is 0 Å². The monoisotopic (exact) mass is 320 g/mol. The standard InChI is InChI=1S/C19H20N4O/c1-12-9-14-5-4-6-15(16(14)10-20-12)19-17-11-23(13(2)24)8-7-18(17)22(3)21-19/h4-6,9-10H,7-8,11H2,1-3H3. The number of amides is 1. The molecule has 0 aliphatic carbocycles. The molecule has 0 radical (unpaired) electrons. The van der Waals surface area contributed by atoms with E-state index in [4.69, 9.17) is 5.10 Å². The molecule has 1 aromatic carbocycles. The van der Waals surface area contributed by atoms with Crippen molar-refractivity contribution in [2.24, 2.45) is 7.05 Å². The first kappa shape index (κ1) is 14.9. The number of nitrogens with zero attached hydrogens (tertiary/aromatic N) is 4. The van der Waals surface area contributed by atoms with Gasteiger partial charge in [0, 0.05) is 67.6 Å². The number of pyridine rings is 1. The number of benzene rings is 1. The van der Waals surface area contributed by atoms with Crippen LogP contribution in [0.25, 0.3) is 22.0 Å². The molecule has 24 heavy (non-hydrogen) atoms. The second-order valence-electron chi connectivity index (χ2n) is 6.44. The molecule has 1 aliphatic heterocycles. The predicted molar refractivity (Wildman–Crippen MR) is 93.5 cm³/mol. The van der Waals surface area contributed by atoms with Gasteiger partial charge in [0.2, 0.25) is 5.91 Å². The number of fused-ring (bicyclic) bond motifs is 2. The van der Waals surface area contributed by atoms with Gasteiger partial charge in [0.05, 0.1) is 5.69 Å². The van der Waals surface area contributed by atoms with E-state index in [0.717, 1.165) is 40.9 Å². The molecular formula is C19H20N4O. The smallest absolute Gasteiger partial charge is 0.219 e. The van der Waals surface area contributed by atoms with Crippen LogP contribution >= 0.6 is 0 Å². The molecule has 0 spiro atoms. The quantitative estimate of drug-likeness (QED) is 0.693. The highest BCUT2D eigenvalue weighted by molar-refractivity contribution is 5.96.